The second-order valence-electron chi connectivity index (χ2n) is 4.83. The first-order valence-electron chi connectivity index (χ1n) is 6.29. The lowest BCUT2D eigenvalue weighted by Crippen LogP contribution is -2.45. The summed E-state index contributed by atoms with van der Waals surface area (Å²) in [4.78, 5) is 15.9. The lowest BCUT2D eigenvalue weighted by atomic mass is 10.00. The van der Waals surface area contributed by atoms with Gasteiger partial charge in [0.15, 0.2) is 0 Å². The van der Waals surface area contributed by atoms with Gasteiger partial charge in [0.1, 0.15) is 0 Å². The van der Waals surface area contributed by atoms with Crippen molar-refractivity contribution in [3.8, 4) is 0 Å². The van der Waals surface area contributed by atoms with E-state index in [0.717, 1.165) is 51.4 Å². The smallest absolute Gasteiger partial charge is 0.319 e. The highest BCUT2D eigenvalue weighted by atomic mass is 16.2. The van der Waals surface area contributed by atoms with Crippen LogP contribution in [0.2, 0.25) is 0 Å². The summed E-state index contributed by atoms with van der Waals surface area (Å²) in [5, 5.41) is 3.10. The molecule has 1 aliphatic rings. The molecule has 0 unspecified atom stereocenters. The van der Waals surface area contributed by atoms with Crippen molar-refractivity contribution in [3.63, 3.8) is 0 Å². The number of amides is 2. The number of hydrogen-bond acceptors (Lipinski definition) is 2. The fraction of sp³-hybridized carbons (Fsp3) is 0.917. The molecule has 0 atom stereocenters. The van der Waals surface area contributed by atoms with Crippen molar-refractivity contribution in [3.05, 3.63) is 0 Å². The summed E-state index contributed by atoms with van der Waals surface area (Å²) in [6.45, 7) is 5.92. The Balaban J connectivity index is 2.27. The van der Waals surface area contributed by atoms with Crippen LogP contribution in [-0.4, -0.2) is 56.1 Å². The third-order valence-electron chi connectivity index (χ3n) is 3.30. The molecular formula is C12H25N3O. The average molecular weight is 227 g/mol. The minimum Gasteiger partial charge on any atom is -0.328 e. The Labute approximate surface area is 99.0 Å². The maximum Gasteiger partial charge on any atom is 0.319 e. The molecule has 1 heterocycles. The minimum atomic E-state index is 0.197. The number of nitrogens with one attached hydrogen (secondary N) is 1. The largest absolute Gasteiger partial charge is 0.328 e. The standard InChI is InChI=1S/C12H25N3O/c1-11-5-9-15(10-6-11)12(16)14(3)8-4-7-13-2/h11,13H,4-10H2,1-3H3. The van der Waals surface area contributed by atoms with Gasteiger partial charge in [-0.25, -0.2) is 4.79 Å². The molecular weight excluding hydrogens is 202 g/mol. The van der Waals surface area contributed by atoms with Crippen LogP contribution in [-0.2, 0) is 0 Å². The molecule has 1 saturated heterocycles. The van der Waals surface area contributed by atoms with Crippen LogP contribution in [0.25, 0.3) is 0 Å². The minimum absolute atomic E-state index is 0.197. The van der Waals surface area contributed by atoms with Crippen LogP contribution in [0.3, 0.4) is 0 Å². The topological polar surface area (TPSA) is 35.6 Å². The highest BCUT2D eigenvalue weighted by Crippen LogP contribution is 2.16. The molecule has 1 N–H and O–H groups in total. The normalized spacial score (nSPS) is 17.6. The van der Waals surface area contributed by atoms with E-state index in [4.69, 9.17) is 0 Å². The van der Waals surface area contributed by atoms with Crippen molar-refractivity contribution in [1.82, 2.24) is 15.1 Å². The predicted molar refractivity (Wildman–Crippen MR) is 66.5 cm³/mol. The fourth-order valence-corrected chi connectivity index (χ4v) is 2.03. The van der Waals surface area contributed by atoms with Gasteiger partial charge in [-0.3, -0.25) is 0 Å². The number of carbonyl (C=O) groups is 1. The third-order valence-corrected chi connectivity index (χ3v) is 3.30. The Morgan fingerprint density at radius 1 is 1.44 bits per heavy atom. The van der Waals surface area contributed by atoms with E-state index in [-0.39, 0.29) is 6.03 Å². The second kappa shape index (κ2) is 6.74. The molecule has 1 fully saturated rings. The Morgan fingerprint density at radius 3 is 2.62 bits per heavy atom. The molecule has 4 nitrogen and oxygen atoms in total. The number of urea groups is 1. The number of nitrogens with zero attached hydrogens (tertiary/aromatic N) is 2. The van der Waals surface area contributed by atoms with Crippen molar-refractivity contribution in [2.24, 2.45) is 5.92 Å². The van der Waals surface area contributed by atoms with Crippen LogP contribution >= 0.6 is 0 Å². The van der Waals surface area contributed by atoms with Gasteiger partial charge in [0, 0.05) is 26.7 Å². The van der Waals surface area contributed by atoms with Crippen LogP contribution in [0, 0.1) is 5.92 Å². The Hall–Kier alpha value is -0.770. The molecule has 16 heavy (non-hydrogen) atoms. The van der Waals surface area contributed by atoms with E-state index in [1.165, 1.54) is 0 Å². The van der Waals surface area contributed by atoms with E-state index < -0.39 is 0 Å². The molecule has 4 heteroatoms. The molecule has 1 aliphatic heterocycles. The van der Waals surface area contributed by atoms with Gasteiger partial charge in [0.05, 0.1) is 0 Å². The summed E-state index contributed by atoms with van der Waals surface area (Å²) in [5.74, 6) is 0.777. The highest BCUT2D eigenvalue weighted by Gasteiger charge is 2.22. The van der Waals surface area contributed by atoms with Gasteiger partial charge in [-0.2, -0.15) is 0 Å². The monoisotopic (exact) mass is 227 g/mol. The van der Waals surface area contributed by atoms with Gasteiger partial charge in [0.2, 0.25) is 0 Å². The SMILES string of the molecule is CNCCCN(C)C(=O)N1CCC(C)CC1. The molecule has 0 saturated carbocycles. The van der Waals surface area contributed by atoms with Crippen LogP contribution in [0.5, 0.6) is 0 Å². The first kappa shape index (κ1) is 13.3. The van der Waals surface area contributed by atoms with Crippen LogP contribution < -0.4 is 5.32 Å². The molecule has 0 spiro atoms. The van der Waals surface area contributed by atoms with E-state index in [2.05, 4.69) is 12.2 Å². The third kappa shape index (κ3) is 4.00. The van der Waals surface area contributed by atoms with E-state index in [0.29, 0.717) is 0 Å². The summed E-state index contributed by atoms with van der Waals surface area (Å²) >= 11 is 0. The number of likely N-dealkylation sites (tertiary alicyclic amines) is 1. The van der Waals surface area contributed by atoms with Crippen LogP contribution in [0.15, 0.2) is 0 Å². The zero-order valence-corrected chi connectivity index (χ0v) is 10.8. The molecule has 0 aliphatic carbocycles. The second-order valence-corrected chi connectivity index (χ2v) is 4.83. The number of hydrogen-bond donors (Lipinski definition) is 1. The van der Waals surface area contributed by atoms with Gasteiger partial charge in [-0.05, 0) is 38.8 Å². The molecule has 0 aromatic carbocycles. The molecule has 2 amide bonds. The Kier molecular flexibility index (Phi) is 5.60. The maximum atomic E-state index is 12.0. The van der Waals surface area contributed by atoms with Gasteiger partial charge < -0.3 is 15.1 Å². The molecule has 0 bridgehead atoms. The Bertz CT molecular complexity index is 212. The van der Waals surface area contributed by atoms with Crippen molar-refractivity contribution in [1.29, 1.82) is 0 Å². The zero-order valence-electron chi connectivity index (χ0n) is 10.8. The van der Waals surface area contributed by atoms with E-state index in [9.17, 15) is 4.79 Å². The van der Waals surface area contributed by atoms with Crippen molar-refractivity contribution < 1.29 is 4.79 Å². The number of carbonyl (C=O) groups excluding carboxylic acids is 1. The average Bonchev–Trinajstić information content (AvgIpc) is 2.29. The van der Waals surface area contributed by atoms with Crippen molar-refractivity contribution in [2.45, 2.75) is 26.2 Å². The summed E-state index contributed by atoms with van der Waals surface area (Å²) in [7, 11) is 3.84. The summed E-state index contributed by atoms with van der Waals surface area (Å²) in [6.07, 6.45) is 3.31. The van der Waals surface area contributed by atoms with Gasteiger partial charge in [-0.15, -0.1) is 0 Å². The first-order valence-corrected chi connectivity index (χ1v) is 6.29. The molecule has 1 rings (SSSR count). The first-order chi connectivity index (χ1) is 7.65. The van der Waals surface area contributed by atoms with Crippen molar-refractivity contribution in [2.75, 3.05) is 40.3 Å². The van der Waals surface area contributed by atoms with Crippen LogP contribution in [0.1, 0.15) is 26.2 Å². The fourth-order valence-electron chi connectivity index (χ4n) is 2.03. The Morgan fingerprint density at radius 2 is 2.06 bits per heavy atom. The van der Waals surface area contributed by atoms with Gasteiger partial charge in [0.25, 0.3) is 0 Å². The summed E-state index contributed by atoms with van der Waals surface area (Å²) in [6, 6.07) is 0.197. The zero-order chi connectivity index (χ0) is 12.0. The lowest BCUT2D eigenvalue weighted by Gasteiger charge is -2.33. The molecule has 0 aromatic heterocycles. The molecule has 0 aromatic rings. The number of piperidine rings is 1. The van der Waals surface area contributed by atoms with E-state index in [1.807, 2.05) is 23.9 Å². The van der Waals surface area contributed by atoms with Crippen molar-refractivity contribution >= 4 is 6.03 Å². The van der Waals surface area contributed by atoms with E-state index in [1.54, 1.807) is 0 Å². The molecule has 0 radical (unpaired) electrons. The van der Waals surface area contributed by atoms with Gasteiger partial charge >= 0.3 is 6.03 Å². The molecule has 94 valence electrons. The van der Waals surface area contributed by atoms with Crippen LogP contribution in [0.4, 0.5) is 4.79 Å². The number of rotatable bonds is 4. The maximum absolute atomic E-state index is 12.0. The predicted octanol–water partition coefficient (Wildman–Crippen LogP) is 1.38. The highest BCUT2D eigenvalue weighted by molar-refractivity contribution is 5.74. The quantitative estimate of drug-likeness (QED) is 0.737. The summed E-state index contributed by atoms with van der Waals surface area (Å²) in [5.41, 5.74) is 0. The van der Waals surface area contributed by atoms with Gasteiger partial charge in [-0.1, -0.05) is 6.92 Å². The lowest BCUT2D eigenvalue weighted by molar-refractivity contribution is 0.143. The van der Waals surface area contributed by atoms with E-state index >= 15 is 0 Å². The summed E-state index contributed by atoms with van der Waals surface area (Å²) < 4.78 is 0.